The van der Waals surface area contributed by atoms with Gasteiger partial charge in [0.2, 0.25) is 10.0 Å². The number of anilines is 1. The average molecular weight is 367 g/mol. The van der Waals surface area contributed by atoms with E-state index < -0.39 is 10.0 Å². The second-order valence-electron chi connectivity index (χ2n) is 5.53. The van der Waals surface area contributed by atoms with Crippen LogP contribution in [-0.4, -0.2) is 19.3 Å². The molecule has 1 amide bonds. The fourth-order valence-corrected chi connectivity index (χ4v) is 3.35. The minimum Gasteiger partial charge on any atom is -0.322 e. The van der Waals surface area contributed by atoms with Gasteiger partial charge in [-0.15, -0.1) is 0 Å². The third-order valence-corrected chi connectivity index (χ3v) is 5.05. The van der Waals surface area contributed by atoms with Gasteiger partial charge >= 0.3 is 0 Å². The summed E-state index contributed by atoms with van der Waals surface area (Å²) < 4.78 is 27.5. The molecule has 0 radical (unpaired) electrons. The maximum atomic E-state index is 12.5. The van der Waals surface area contributed by atoms with Gasteiger partial charge in [0.1, 0.15) is 0 Å². The fourth-order valence-electron chi connectivity index (χ4n) is 2.29. The highest BCUT2D eigenvalue weighted by molar-refractivity contribution is 7.89. The molecule has 0 saturated carbocycles. The van der Waals surface area contributed by atoms with E-state index in [2.05, 4.69) is 15.0 Å². The van der Waals surface area contributed by atoms with E-state index in [1.54, 1.807) is 60.9 Å². The van der Waals surface area contributed by atoms with Crippen molar-refractivity contribution in [1.82, 2.24) is 9.71 Å². The van der Waals surface area contributed by atoms with Crippen LogP contribution in [0.25, 0.3) is 0 Å². The van der Waals surface area contributed by atoms with Gasteiger partial charge in [-0.1, -0.05) is 24.3 Å². The van der Waals surface area contributed by atoms with Gasteiger partial charge in [-0.25, -0.2) is 13.1 Å². The van der Waals surface area contributed by atoms with Crippen molar-refractivity contribution in [3.8, 4) is 0 Å². The molecular weight excluding hydrogens is 350 g/mol. The molecule has 26 heavy (non-hydrogen) atoms. The van der Waals surface area contributed by atoms with Gasteiger partial charge in [0.25, 0.3) is 5.91 Å². The van der Waals surface area contributed by atoms with Crippen molar-refractivity contribution in [1.29, 1.82) is 0 Å². The quantitative estimate of drug-likeness (QED) is 0.701. The second kappa shape index (κ2) is 7.90. The zero-order chi connectivity index (χ0) is 18.4. The van der Waals surface area contributed by atoms with Crippen molar-refractivity contribution in [2.75, 3.05) is 5.32 Å². The molecule has 0 aliphatic carbocycles. The van der Waals surface area contributed by atoms with Crippen LogP contribution in [0.15, 0.2) is 84.0 Å². The van der Waals surface area contributed by atoms with E-state index in [1.807, 2.05) is 6.07 Å². The Bertz CT molecular complexity index is 991. The highest BCUT2D eigenvalue weighted by atomic mass is 32.2. The first kappa shape index (κ1) is 17.8. The minimum atomic E-state index is -3.74. The lowest BCUT2D eigenvalue weighted by molar-refractivity contribution is 0.102. The lowest BCUT2D eigenvalue weighted by Crippen LogP contribution is -2.23. The number of nitrogens with zero attached hydrogens (tertiary/aromatic N) is 1. The summed E-state index contributed by atoms with van der Waals surface area (Å²) in [4.78, 5) is 16.3. The van der Waals surface area contributed by atoms with Gasteiger partial charge in [0.15, 0.2) is 0 Å². The molecule has 0 bridgehead atoms. The van der Waals surface area contributed by atoms with E-state index in [0.717, 1.165) is 5.56 Å². The van der Waals surface area contributed by atoms with Crippen molar-refractivity contribution in [2.24, 2.45) is 0 Å². The average Bonchev–Trinajstić information content (AvgIpc) is 2.68. The molecule has 0 aliphatic heterocycles. The molecule has 0 atom stereocenters. The van der Waals surface area contributed by atoms with Crippen LogP contribution in [0.3, 0.4) is 0 Å². The minimum absolute atomic E-state index is 0.0345. The number of amides is 1. The molecule has 1 heterocycles. The third-order valence-electron chi connectivity index (χ3n) is 3.65. The summed E-state index contributed by atoms with van der Waals surface area (Å²) in [5, 5.41) is 2.73. The number of hydrogen-bond acceptors (Lipinski definition) is 4. The first-order valence-electron chi connectivity index (χ1n) is 7.90. The zero-order valence-corrected chi connectivity index (χ0v) is 14.6. The van der Waals surface area contributed by atoms with E-state index in [1.165, 1.54) is 12.1 Å². The molecule has 0 aliphatic rings. The number of pyridine rings is 1. The molecule has 0 fully saturated rings. The third kappa shape index (κ3) is 4.53. The standard InChI is InChI=1S/C19H17N3O3S/c23-19(22-17-6-2-1-3-7-17)16-5-4-8-18(13-16)26(24,25)21-14-15-9-11-20-12-10-15/h1-13,21H,14H2,(H,22,23). The van der Waals surface area contributed by atoms with E-state index in [0.29, 0.717) is 5.69 Å². The van der Waals surface area contributed by atoms with E-state index in [9.17, 15) is 13.2 Å². The highest BCUT2D eigenvalue weighted by Gasteiger charge is 2.16. The molecule has 2 N–H and O–H groups in total. The monoisotopic (exact) mass is 367 g/mol. The Morgan fingerprint density at radius 3 is 2.38 bits per heavy atom. The summed E-state index contributed by atoms with van der Waals surface area (Å²) in [6.45, 7) is 0.144. The van der Waals surface area contributed by atoms with Crippen molar-refractivity contribution in [3.63, 3.8) is 0 Å². The zero-order valence-electron chi connectivity index (χ0n) is 13.8. The number of carbonyl (C=O) groups is 1. The summed E-state index contributed by atoms with van der Waals surface area (Å²) in [7, 11) is -3.74. The maximum Gasteiger partial charge on any atom is 0.255 e. The Balaban J connectivity index is 1.74. The van der Waals surface area contributed by atoms with Crippen LogP contribution < -0.4 is 10.0 Å². The van der Waals surface area contributed by atoms with Gasteiger partial charge in [0, 0.05) is 30.2 Å². The lowest BCUT2D eigenvalue weighted by atomic mass is 10.2. The number of nitrogens with one attached hydrogen (secondary N) is 2. The van der Waals surface area contributed by atoms with Crippen LogP contribution >= 0.6 is 0 Å². The Hall–Kier alpha value is -3.03. The molecule has 6 nitrogen and oxygen atoms in total. The van der Waals surface area contributed by atoms with Crippen LogP contribution in [0.1, 0.15) is 15.9 Å². The first-order chi connectivity index (χ1) is 12.5. The van der Waals surface area contributed by atoms with Crippen molar-refractivity contribution < 1.29 is 13.2 Å². The van der Waals surface area contributed by atoms with Gasteiger partial charge in [-0.05, 0) is 48.0 Å². The molecule has 2 aromatic carbocycles. The number of hydrogen-bond donors (Lipinski definition) is 2. The smallest absolute Gasteiger partial charge is 0.255 e. The predicted octanol–water partition coefficient (Wildman–Crippen LogP) is 2.81. The van der Waals surface area contributed by atoms with Crippen LogP contribution in [-0.2, 0) is 16.6 Å². The van der Waals surface area contributed by atoms with E-state index >= 15 is 0 Å². The van der Waals surface area contributed by atoms with Crippen molar-refractivity contribution in [3.05, 3.63) is 90.3 Å². The highest BCUT2D eigenvalue weighted by Crippen LogP contribution is 2.14. The van der Waals surface area contributed by atoms with E-state index in [4.69, 9.17) is 0 Å². The Labute approximate surface area is 152 Å². The summed E-state index contributed by atoms with van der Waals surface area (Å²) >= 11 is 0. The SMILES string of the molecule is O=C(Nc1ccccc1)c1cccc(S(=O)(=O)NCc2ccncc2)c1. The maximum absolute atomic E-state index is 12.5. The first-order valence-corrected chi connectivity index (χ1v) is 9.38. The number of rotatable bonds is 6. The molecule has 0 saturated heterocycles. The number of aromatic nitrogens is 1. The van der Waals surface area contributed by atoms with E-state index in [-0.39, 0.29) is 22.9 Å². The fraction of sp³-hybridized carbons (Fsp3) is 0.0526. The molecule has 3 aromatic rings. The van der Waals surface area contributed by atoms with Gasteiger partial charge in [-0.2, -0.15) is 0 Å². The number of benzene rings is 2. The van der Waals surface area contributed by atoms with Gasteiger partial charge in [0.05, 0.1) is 4.90 Å². The van der Waals surface area contributed by atoms with Crippen LogP contribution in [0.5, 0.6) is 0 Å². The normalized spacial score (nSPS) is 11.1. The van der Waals surface area contributed by atoms with Gasteiger partial charge in [-0.3, -0.25) is 9.78 Å². The number of carbonyl (C=O) groups excluding carboxylic acids is 1. The molecule has 0 spiro atoms. The molecule has 7 heteroatoms. The van der Waals surface area contributed by atoms with Crippen LogP contribution in [0.2, 0.25) is 0 Å². The predicted molar refractivity (Wildman–Crippen MR) is 99.1 cm³/mol. The second-order valence-corrected chi connectivity index (χ2v) is 7.29. The van der Waals surface area contributed by atoms with Crippen molar-refractivity contribution in [2.45, 2.75) is 11.4 Å². The number of sulfonamides is 1. The Morgan fingerprint density at radius 1 is 0.923 bits per heavy atom. The summed E-state index contributed by atoms with van der Waals surface area (Å²) in [6.07, 6.45) is 3.19. The summed E-state index contributed by atoms with van der Waals surface area (Å²) in [5.74, 6) is -0.373. The van der Waals surface area contributed by atoms with Crippen molar-refractivity contribution >= 4 is 21.6 Å². The van der Waals surface area contributed by atoms with Gasteiger partial charge < -0.3 is 5.32 Å². The largest absolute Gasteiger partial charge is 0.322 e. The Kier molecular flexibility index (Phi) is 5.40. The molecule has 1 aromatic heterocycles. The molecule has 3 rings (SSSR count). The lowest BCUT2D eigenvalue weighted by Gasteiger charge is -2.09. The van der Waals surface area contributed by atoms with Crippen LogP contribution in [0, 0.1) is 0 Å². The molecule has 132 valence electrons. The molecular formula is C19H17N3O3S. The van der Waals surface area contributed by atoms with Crippen LogP contribution in [0.4, 0.5) is 5.69 Å². The topological polar surface area (TPSA) is 88.2 Å². The number of para-hydroxylation sites is 1. The summed E-state index contributed by atoms with van der Waals surface area (Å²) in [5.41, 5.74) is 1.70. The Morgan fingerprint density at radius 2 is 1.65 bits per heavy atom. The molecule has 0 unspecified atom stereocenters. The summed E-state index contributed by atoms with van der Waals surface area (Å²) in [6, 6.07) is 18.3.